The molecule has 1 rings (SSSR count). The van der Waals surface area contributed by atoms with Gasteiger partial charge in [0.1, 0.15) is 0 Å². The van der Waals surface area contributed by atoms with E-state index in [1.54, 1.807) is 19.1 Å². The first-order chi connectivity index (χ1) is 8.60. The van der Waals surface area contributed by atoms with Crippen molar-refractivity contribution in [2.24, 2.45) is 0 Å². The highest BCUT2D eigenvalue weighted by Gasteiger charge is 2.15. The first kappa shape index (κ1) is 14.4. The van der Waals surface area contributed by atoms with E-state index in [0.29, 0.717) is 24.3 Å². The Kier molecular flexibility index (Phi) is 5.53. The van der Waals surface area contributed by atoms with E-state index < -0.39 is 5.97 Å². The summed E-state index contributed by atoms with van der Waals surface area (Å²) in [5, 5.41) is 8.76. The molecule has 1 unspecified atom stereocenters. The van der Waals surface area contributed by atoms with Crippen molar-refractivity contribution < 1.29 is 9.53 Å². The average Bonchev–Trinajstić information content (AvgIpc) is 2.32. The maximum absolute atomic E-state index is 11.7. The Balaban J connectivity index is 2.92. The van der Waals surface area contributed by atoms with Gasteiger partial charge in [-0.05, 0) is 19.1 Å². The Labute approximate surface area is 111 Å². The number of nitrogens with zero attached hydrogens (tertiary/aromatic N) is 1. The Bertz CT molecular complexity index is 469. The number of carbonyl (C=O) groups excluding carboxylic acids is 1. The number of carbonyl (C=O) groups is 1. The fourth-order valence-electron chi connectivity index (χ4n) is 1.42. The van der Waals surface area contributed by atoms with Gasteiger partial charge in [0.25, 0.3) is 0 Å². The maximum Gasteiger partial charge on any atom is 0.340 e. The second kappa shape index (κ2) is 6.92. The van der Waals surface area contributed by atoms with E-state index in [-0.39, 0.29) is 5.25 Å². The van der Waals surface area contributed by atoms with Crippen molar-refractivity contribution in [1.82, 2.24) is 0 Å². The number of rotatable bonds is 5. The van der Waals surface area contributed by atoms with Crippen LogP contribution in [0, 0.1) is 11.3 Å². The summed E-state index contributed by atoms with van der Waals surface area (Å²) in [5.41, 5.74) is 6.76. The van der Waals surface area contributed by atoms with Gasteiger partial charge in [0, 0.05) is 16.6 Å². The van der Waals surface area contributed by atoms with Gasteiger partial charge in [-0.15, -0.1) is 11.8 Å². The normalized spacial score (nSPS) is 11.6. The van der Waals surface area contributed by atoms with Gasteiger partial charge in [-0.3, -0.25) is 0 Å². The summed E-state index contributed by atoms with van der Waals surface area (Å²) in [6.45, 7) is 4.02. The topological polar surface area (TPSA) is 76.1 Å². The third kappa shape index (κ3) is 3.67. The molecule has 96 valence electrons. The molecule has 0 saturated heterocycles. The van der Waals surface area contributed by atoms with Crippen LogP contribution >= 0.6 is 11.8 Å². The number of thioether (sulfide) groups is 1. The number of esters is 1. The van der Waals surface area contributed by atoms with Crippen molar-refractivity contribution >= 4 is 23.4 Å². The highest BCUT2D eigenvalue weighted by Crippen LogP contribution is 2.32. The molecule has 1 atom stereocenters. The predicted octanol–water partition coefficient (Wildman–Crippen LogP) is 2.84. The molecule has 2 N–H and O–H groups in total. The zero-order chi connectivity index (χ0) is 13.5. The van der Waals surface area contributed by atoms with Gasteiger partial charge < -0.3 is 10.5 Å². The fourth-order valence-corrected chi connectivity index (χ4v) is 2.41. The van der Waals surface area contributed by atoms with Crippen molar-refractivity contribution in [2.75, 3.05) is 12.3 Å². The summed E-state index contributed by atoms with van der Waals surface area (Å²) in [4.78, 5) is 12.5. The van der Waals surface area contributed by atoms with Crippen LogP contribution in [0.5, 0.6) is 0 Å². The van der Waals surface area contributed by atoms with Crippen molar-refractivity contribution in [1.29, 1.82) is 5.26 Å². The SMILES string of the molecule is CCOC(=O)c1cccc(SC(C)CC#N)c1N. The van der Waals surface area contributed by atoms with Crippen LogP contribution in [0.3, 0.4) is 0 Å². The average molecular weight is 264 g/mol. The van der Waals surface area contributed by atoms with Crippen LogP contribution in [0.15, 0.2) is 23.1 Å². The molecule has 0 spiro atoms. The van der Waals surface area contributed by atoms with Crippen molar-refractivity contribution in [3.05, 3.63) is 23.8 Å². The lowest BCUT2D eigenvalue weighted by molar-refractivity contribution is 0.0527. The lowest BCUT2D eigenvalue weighted by Gasteiger charge is -2.12. The quantitative estimate of drug-likeness (QED) is 0.502. The molecule has 4 nitrogen and oxygen atoms in total. The number of anilines is 1. The van der Waals surface area contributed by atoms with E-state index >= 15 is 0 Å². The second-order valence-corrected chi connectivity index (χ2v) is 5.21. The lowest BCUT2D eigenvalue weighted by Crippen LogP contribution is -2.09. The summed E-state index contributed by atoms with van der Waals surface area (Å²) in [5.74, 6) is -0.412. The maximum atomic E-state index is 11.7. The van der Waals surface area contributed by atoms with Gasteiger partial charge in [-0.1, -0.05) is 13.0 Å². The minimum atomic E-state index is -0.412. The van der Waals surface area contributed by atoms with Gasteiger partial charge in [-0.2, -0.15) is 5.26 Å². The first-order valence-corrected chi connectivity index (χ1v) is 6.57. The molecule has 18 heavy (non-hydrogen) atoms. The van der Waals surface area contributed by atoms with Gasteiger partial charge in [0.05, 0.1) is 23.9 Å². The highest BCUT2D eigenvalue weighted by molar-refractivity contribution is 8.00. The summed E-state index contributed by atoms with van der Waals surface area (Å²) in [6, 6.07) is 7.37. The number of nitriles is 1. The standard InChI is InChI=1S/C13H16N2O2S/c1-3-17-13(16)10-5-4-6-11(12(10)15)18-9(2)7-8-14/h4-6,9H,3,7,15H2,1-2H3. The van der Waals surface area contributed by atoms with E-state index in [9.17, 15) is 4.79 Å². The summed E-state index contributed by atoms with van der Waals surface area (Å²) >= 11 is 1.49. The van der Waals surface area contributed by atoms with Gasteiger partial charge in [-0.25, -0.2) is 4.79 Å². The fraction of sp³-hybridized carbons (Fsp3) is 0.385. The van der Waals surface area contributed by atoms with Gasteiger partial charge in [0.2, 0.25) is 0 Å². The molecule has 0 radical (unpaired) electrons. The Morgan fingerprint density at radius 2 is 2.33 bits per heavy atom. The largest absolute Gasteiger partial charge is 0.462 e. The molecule has 0 aliphatic carbocycles. The van der Waals surface area contributed by atoms with Gasteiger partial charge >= 0.3 is 5.97 Å². The number of hydrogen-bond donors (Lipinski definition) is 1. The molecule has 0 aromatic heterocycles. The van der Waals surface area contributed by atoms with Crippen LogP contribution in [-0.2, 0) is 4.74 Å². The molecule has 5 heteroatoms. The molecule has 0 saturated carbocycles. The van der Waals surface area contributed by atoms with Crippen LogP contribution in [0.1, 0.15) is 30.6 Å². The molecule has 0 heterocycles. The second-order valence-electron chi connectivity index (χ2n) is 3.73. The number of para-hydroxylation sites is 1. The number of ether oxygens (including phenoxy) is 1. The van der Waals surface area contributed by atoms with Crippen molar-refractivity contribution in [3.8, 4) is 6.07 Å². The van der Waals surface area contributed by atoms with Crippen LogP contribution < -0.4 is 5.73 Å². The van der Waals surface area contributed by atoms with E-state index in [2.05, 4.69) is 6.07 Å². The molecule has 1 aromatic rings. The van der Waals surface area contributed by atoms with Crippen LogP contribution in [-0.4, -0.2) is 17.8 Å². The Morgan fingerprint density at radius 3 is 2.94 bits per heavy atom. The molecule has 0 bridgehead atoms. The number of hydrogen-bond acceptors (Lipinski definition) is 5. The molecule has 0 fully saturated rings. The smallest absolute Gasteiger partial charge is 0.340 e. The van der Waals surface area contributed by atoms with E-state index in [0.717, 1.165) is 4.90 Å². The third-order valence-electron chi connectivity index (χ3n) is 2.27. The summed E-state index contributed by atoms with van der Waals surface area (Å²) in [7, 11) is 0. The monoisotopic (exact) mass is 264 g/mol. The highest BCUT2D eigenvalue weighted by atomic mass is 32.2. The molecule has 1 aromatic carbocycles. The zero-order valence-electron chi connectivity index (χ0n) is 10.5. The van der Waals surface area contributed by atoms with Crippen molar-refractivity contribution in [2.45, 2.75) is 30.4 Å². The molecule has 0 aliphatic heterocycles. The van der Waals surface area contributed by atoms with Crippen LogP contribution in [0.2, 0.25) is 0 Å². The van der Waals surface area contributed by atoms with Gasteiger partial charge in [0.15, 0.2) is 0 Å². The molecular weight excluding hydrogens is 248 g/mol. The third-order valence-corrected chi connectivity index (χ3v) is 3.45. The molecular formula is C13H16N2O2S. The van der Waals surface area contributed by atoms with Crippen LogP contribution in [0.25, 0.3) is 0 Å². The van der Waals surface area contributed by atoms with E-state index in [1.807, 2.05) is 13.0 Å². The molecule has 0 amide bonds. The number of benzene rings is 1. The van der Waals surface area contributed by atoms with E-state index in [4.69, 9.17) is 15.7 Å². The van der Waals surface area contributed by atoms with Crippen molar-refractivity contribution in [3.63, 3.8) is 0 Å². The lowest BCUT2D eigenvalue weighted by atomic mass is 10.2. The molecule has 0 aliphatic rings. The van der Waals surface area contributed by atoms with Crippen LogP contribution in [0.4, 0.5) is 5.69 Å². The van der Waals surface area contributed by atoms with E-state index in [1.165, 1.54) is 11.8 Å². The Hall–Kier alpha value is -1.67. The summed E-state index contributed by atoms with van der Waals surface area (Å²) in [6.07, 6.45) is 0.438. The summed E-state index contributed by atoms with van der Waals surface area (Å²) < 4.78 is 4.94. The predicted molar refractivity (Wildman–Crippen MR) is 72.4 cm³/mol. The zero-order valence-corrected chi connectivity index (χ0v) is 11.3. The first-order valence-electron chi connectivity index (χ1n) is 5.69. The minimum absolute atomic E-state index is 0.134. The number of nitrogen functional groups attached to an aromatic ring is 1. The minimum Gasteiger partial charge on any atom is -0.462 e. The number of nitrogens with two attached hydrogens (primary N) is 1. The Morgan fingerprint density at radius 1 is 1.61 bits per heavy atom.